The van der Waals surface area contributed by atoms with E-state index >= 15 is 0 Å². The number of hydrogen-bond acceptors (Lipinski definition) is 6. The van der Waals surface area contributed by atoms with Crippen molar-refractivity contribution in [2.75, 3.05) is 16.8 Å². The van der Waals surface area contributed by atoms with Crippen molar-refractivity contribution in [1.29, 1.82) is 0 Å². The average molecular weight is 298 g/mol. The number of hydrogen-bond donors (Lipinski definition) is 1. The van der Waals surface area contributed by atoms with E-state index in [-0.39, 0.29) is 0 Å². The third-order valence-electron chi connectivity index (χ3n) is 4.08. The van der Waals surface area contributed by atoms with Crippen LogP contribution >= 0.6 is 0 Å². The molecule has 6 heteroatoms. The van der Waals surface area contributed by atoms with Gasteiger partial charge in [0.15, 0.2) is 5.82 Å². The molecule has 3 heterocycles. The molecule has 1 unspecified atom stereocenters. The van der Waals surface area contributed by atoms with Gasteiger partial charge in [-0.05, 0) is 37.8 Å². The van der Waals surface area contributed by atoms with E-state index in [1.807, 2.05) is 18.2 Å². The number of piperidine rings is 1. The molecule has 0 bridgehead atoms. The highest BCUT2D eigenvalue weighted by Crippen LogP contribution is 2.23. The van der Waals surface area contributed by atoms with Crippen molar-refractivity contribution in [2.45, 2.75) is 45.2 Å². The van der Waals surface area contributed by atoms with Gasteiger partial charge in [0, 0.05) is 18.8 Å². The molecule has 1 atom stereocenters. The second-order valence-electron chi connectivity index (χ2n) is 5.57. The average Bonchev–Trinajstić information content (AvgIpc) is 2.61. The minimum Gasteiger partial charge on any atom is -0.363 e. The summed E-state index contributed by atoms with van der Waals surface area (Å²) < 4.78 is 0. The zero-order chi connectivity index (χ0) is 15.2. The van der Waals surface area contributed by atoms with Crippen molar-refractivity contribution in [3.05, 3.63) is 36.3 Å². The van der Waals surface area contributed by atoms with Crippen molar-refractivity contribution in [3.8, 4) is 0 Å². The Bertz CT molecular complexity index is 588. The van der Waals surface area contributed by atoms with Gasteiger partial charge in [-0.2, -0.15) is 10.1 Å². The molecule has 0 aromatic carbocycles. The molecule has 2 aromatic heterocycles. The summed E-state index contributed by atoms with van der Waals surface area (Å²) in [7, 11) is 0. The second-order valence-corrected chi connectivity index (χ2v) is 5.57. The van der Waals surface area contributed by atoms with Gasteiger partial charge in [-0.1, -0.05) is 13.0 Å². The first-order valence-corrected chi connectivity index (χ1v) is 7.97. The third kappa shape index (κ3) is 3.50. The molecule has 6 nitrogen and oxygen atoms in total. The monoisotopic (exact) mass is 298 g/mol. The zero-order valence-corrected chi connectivity index (χ0v) is 12.9. The molecular formula is C16H22N6. The van der Waals surface area contributed by atoms with Gasteiger partial charge < -0.3 is 10.2 Å². The van der Waals surface area contributed by atoms with Crippen LogP contribution in [0.3, 0.4) is 0 Å². The van der Waals surface area contributed by atoms with Crippen molar-refractivity contribution < 1.29 is 0 Å². The topological polar surface area (TPSA) is 66.8 Å². The molecule has 1 aliphatic heterocycles. The van der Waals surface area contributed by atoms with Gasteiger partial charge in [0.2, 0.25) is 5.95 Å². The van der Waals surface area contributed by atoms with Crippen molar-refractivity contribution in [2.24, 2.45) is 0 Å². The van der Waals surface area contributed by atoms with Crippen LogP contribution < -0.4 is 10.2 Å². The van der Waals surface area contributed by atoms with Gasteiger partial charge in [-0.25, -0.2) is 0 Å². The Hall–Kier alpha value is -2.24. The van der Waals surface area contributed by atoms with Crippen LogP contribution in [0.1, 0.15) is 38.3 Å². The number of rotatable bonds is 5. The maximum absolute atomic E-state index is 4.62. The molecule has 0 radical (unpaired) electrons. The molecule has 0 saturated carbocycles. The maximum Gasteiger partial charge on any atom is 0.247 e. The maximum atomic E-state index is 4.62. The molecule has 1 saturated heterocycles. The SMILES string of the molecule is CCC1CCCCN1c1nncc(NCc2ccccn2)n1. The smallest absolute Gasteiger partial charge is 0.247 e. The summed E-state index contributed by atoms with van der Waals surface area (Å²) in [5.74, 6) is 1.48. The fourth-order valence-corrected chi connectivity index (χ4v) is 2.87. The Kier molecular flexibility index (Phi) is 4.78. The lowest BCUT2D eigenvalue weighted by Gasteiger charge is -2.34. The first-order valence-electron chi connectivity index (χ1n) is 7.97. The van der Waals surface area contributed by atoms with Crippen LogP contribution in [-0.4, -0.2) is 32.8 Å². The molecule has 3 rings (SSSR count). The van der Waals surface area contributed by atoms with Crippen LogP contribution in [0, 0.1) is 0 Å². The minimum atomic E-state index is 0.529. The zero-order valence-electron chi connectivity index (χ0n) is 12.9. The summed E-state index contributed by atoms with van der Waals surface area (Å²) in [6, 6.07) is 6.41. The normalized spacial score (nSPS) is 18.2. The first-order chi connectivity index (χ1) is 10.9. The molecule has 1 fully saturated rings. The predicted octanol–water partition coefficient (Wildman–Crippen LogP) is 2.65. The minimum absolute atomic E-state index is 0.529. The molecular weight excluding hydrogens is 276 g/mol. The van der Waals surface area contributed by atoms with E-state index in [4.69, 9.17) is 0 Å². The lowest BCUT2D eigenvalue weighted by atomic mass is 10.0. The summed E-state index contributed by atoms with van der Waals surface area (Å²) in [4.78, 5) is 11.2. The molecule has 1 aliphatic rings. The summed E-state index contributed by atoms with van der Waals surface area (Å²) >= 11 is 0. The Morgan fingerprint density at radius 3 is 3.09 bits per heavy atom. The first kappa shape index (κ1) is 14.7. The summed E-state index contributed by atoms with van der Waals surface area (Å²) in [5.41, 5.74) is 0.979. The highest BCUT2D eigenvalue weighted by molar-refractivity contribution is 5.40. The molecule has 1 N–H and O–H groups in total. The Balaban J connectivity index is 1.69. The van der Waals surface area contributed by atoms with Gasteiger partial charge in [0.05, 0.1) is 18.4 Å². The highest BCUT2D eigenvalue weighted by atomic mass is 15.3. The van der Waals surface area contributed by atoms with E-state index < -0.39 is 0 Å². The van der Waals surface area contributed by atoms with Crippen molar-refractivity contribution >= 4 is 11.8 Å². The Morgan fingerprint density at radius 1 is 1.32 bits per heavy atom. The molecule has 116 valence electrons. The quantitative estimate of drug-likeness (QED) is 0.915. The van der Waals surface area contributed by atoms with E-state index in [9.17, 15) is 0 Å². The van der Waals surface area contributed by atoms with Crippen LogP contribution in [0.4, 0.5) is 11.8 Å². The van der Waals surface area contributed by atoms with E-state index in [0.717, 1.165) is 30.4 Å². The van der Waals surface area contributed by atoms with Crippen LogP contribution in [0.15, 0.2) is 30.6 Å². The van der Waals surface area contributed by atoms with Crippen LogP contribution in [0.25, 0.3) is 0 Å². The standard InChI is InChI=1S/C16H22N6/c1-2-14-8-4-6-10-22(14)16-20-15(12-19-21-16)18-11-13-7-3-5-9-17-13/h3,5,7,9,12,14H,2,4,6,8,10-11H2,1H3,(H,18,20,21). The predicted molar refractivity (Wildman–Crippen MR) is 86.7 cm³/mol. The molecule has 2 aromatic rings. The molecule has 0 spiro atoms. The van der Waals surface area contributed by atoms with Gasteiger partial charge in [-0.3, -0.25) is 4.98 Å². The number of aromatic nitrogens is 4. The lowest BCUT2D eigenvalue weighted by Crippen LogP contribution is -2.40. The fraction of sp³-hybridized carbons (Fsp3) is 0.500. The van der Waals surface area contributed by atoms with Crippen molar-refractivity contribution in [3.63, 3.8) is 0 Å². The van der Waals surface area contributed by atoms with Gasteiger partial charge in [-0.15, -0.1) is 5.10 Å². The van der Waals surface area contributed by atoms with Gasteiger partial charge in [0.25, 0.3) is 0 Å². The molecule has 22 heavy (non-hydrogen) atoms. The van der Waals surface area contributed by atoms with E-state index in [0.29, 0.717) is 12.6 Å². The summed E-state index contributed by atoms with van der Waals surface area (Å²) in [5, 5.41) is 11.6. The number of nitrogens with zero attached hydrogens (tertiary/aromatic N) is 5. The number of anilines is 2. The Labute approximate surface area is 131 Å². The summed E-state index contributed by atoms with van der Waals surface area (Å²) in [6.45, 7) is 3.87. The Morgan fingerprint density at radius 2 is 2.27 bits per heavy atom. The summed E-state index contributed by atoms with van der Waals surface area (Å²) in [6.07, 6.45) is 8.28. The van der Waals surface area contributed by atoms with Crippen LogP contribution in [0.5, 0.6) is 0 Å². The van der Waals surface area contributed by atoms with Crippen molar-refractivity contribution in [1.82, 2.24) is 20.2 Å². The second kappa shape index (κ2) is 7.15. The lowest BCUT2D eigenvalue weighted by molar-refractivity contribution is 0.441. The fourth-order valence-electron chi connectivity index (χ4n) is 2.87. The largest absolute Gasteiger partial charge is 0.363 e. The molecule has 0 aliphatic carbocycles. The number of nitrogens with one attached hydrogen (secondary N) is 1. The van der Waals surface area contributed by atoms with E-state index in [1.54, 1.807) is 12.4 Å². The molecule has 0 amide bonds. The number of pyridine rings is 1. The van der Waals surface area contributed by atoms with Gasteiger partial charge >= 0.3 is 0 Å². The van der Waals surface area contributed by atoms with E-state index in [2.05, 4.69) is 37.3 Å². The van der Waals surface area contributed by atoms with Gasteiger partial charge in [0.1, 0.15) is 0 Å². The third-order valence-corrected chi connectivity index (χ3v) is 4.08. The van der Waals surface area contributed by atoms with E-state index in [1.165, 1.54) is 19.3 Å². The highest BCUT2D eigenvalue weighted by Gasteiger charge is 2.23. The van der Waals surface area contributed by atoms with Crippen LogP contribution in [-0.2, 0) is 6.54 Å². The van der Waals surface area contributed by atoms with Crippen LogP contribution in [0.2, 0.25) is 0 Å².